The molecule has 0 aromatic heterocycles. The summed E-state index contributed by atoms with van der Waals surface area (Å²) in [6.07, 6.45) is 10.7. The van der Waals surface area contributed by atoms with Gasteiger partial charge < -0.3 is 10.2 Å². The minimum Gasteiger partial charge on any atom is -0.507 e. The molecule has 0 saturated carbocycles. The van der Waals surface area contributed by atoms with E-state index in [1.165, 1.54) is 12.8 Å². The van der Waals surface area contributed by atoms with Gasteiger partial charge >= 0.3 is 0 Å². The van der Waals surface area contributed by atoms with Gasteiger partial charge in [-0.2, -0.15) is 0 Å². The molecule has 0 amide bonds. The van der Waals surface area contributed by atoms with E-state index in [1.54, 1.807) is 0 Å². The molecule has 0 spiro atoms. The molecule has 2 N–H and O–H groups in total. The smallest absolute Gasteiger partial charge is 0.126 e. The number of phenols is 2. The van der Waals surface area contributed by atoms with Crippen molar-refractivity contribution in [2.24, 2.45) is 5.92 Å². The Kier molecular flexibility index (Phi) is 5.92. The van der Waals surface area contributed by atoms with Gasteiger partial charge in [0, 0.05) is 11.5 Å². The summed E-state index contributed by atoms with van der Waals surface area (Å²) in [5.41, 5.74) is 3.76. The van der Waals surface area contributed by atoms with E-state index in [9.17, 15) is 10.2 Å². The van der Waals surface area contributed by atoms with Gasteiger partial charge in [-0.1, -0.05) is 44.1 Å². The number of phenolic OH excluding ortho intramolecular Hbond substituents is 2. The highest BCUT2D eigenvalue weighted by molar-refractivity contribution is 5.56. The Morgan fingerprint density at radius 3 is 2.70 bits per heavy atom. The summed E-state index contributed by atoms with van der Waals surface area (Å²) in [5, 5.41) is 21.3. The first kappa shape index (κ1) is 17.7. The molecule has 0 fully saturated rings. The summed E-state index contributed by atoms with van der Waals surface area (Å²) in [6, 6.07) is 1.86. The molecule has 1 aliphatic rings. The Hall–Kier alpha value is -1.70. The third-order valence-electron chi connectivity index (χ3n) is 5.12. The Bertz CT molecular complexity index is 598. The molecule has 2 heteroatoms. The maximum atomic E-state index is 10.7. The van der Waals surface area contributed by atoms with Crippen LogP contribution in [0.15, 0.2) is 30.4 Å². The number of aromatic hydroxyl groups is 2. The summed E-state index contributed by atoms with van der Waals surface area (Å²) >= 11 is 0. The third kappa shape index (κ3) is 3.80. The van der Waals surface area contributed by atoms with Crippen LogP contribution < -0.4 is 0 Å². The molecule has 2 nitrogen and oxygen atoms in total. The second-order valence-electron chi connectivity index (χ2n) is 6.88. The van der Waals surface area contributed by atoms with Gasteiger partial charge in [0.2, 0.25) is 0 Å². The van der Waals surface area contributed by atoms with E-state index >= 15 is 0 Å². The number of hydrogen-bond donors (Lipinski definition) is 2. The number of unbranched alkanes of at least 4 members (excludes halogenated alkanes) is 2. The van der Waals surface area contributed by atoms with Crippen LogP contribution in [-0.4, -0.2) is 10.2 Å². The van der Waals surface area contributed by atoms with Crippen LogP contribution in [0.3, 0.4) is 0 Å². The molecule has 2 rings (SSSR count). The molecule has 0 unspecified atom stereocenters. The lowest BCUT2D eigenvalue weighted by Gasteiger charge is -2.30. The molecule has 0 bridgehead atoms. The van der Waals surface area contributed by atoms with E-state index in [0.29, 0.717) is 5.56 Å². The lowest BCUT2D eigenvalue weighted by molar-refractivity contribution is 0.406. The van der Waals surface area contributed by atoms with Gasteiger partial charge in [-0.25, -0.2) is 0 Å². The Morgan fingerprint density at radius 2 is 2.04 bits per heavy atom. The van der Waals surface area contributed by atoms with E-state index in [-0.39, 0.29) is 23.3 Å². The van der Waals surface area contributed by atoms with Crippen molar-refractivity contribution in [3.05, 3.63) is 47.1 Å². The molecule has 1 aromatic carbocycles. The van der Waals surface area contributed by atoms with Gasteiger partial charge in [-0.05, 0) is 62.6 Å². The molecular weight excluding hydrogens is 284 g/mol. The molecule has 2 atom stereocenters. The predicted octanol–water partition coefficient (Wildman–Crippen LogP) is 5.76. The first-order valence-electron chi connectivity index (χ1n) is 8.83. The van der Waals surface area contributed by atoms with Crippen molar-refractivity contribution in [1.29, 1.82) is 0 Å². The van der Waals surface area contributed by atoms with Gasteiger partial charge in [0.1, 0.15) is 11.5 Å². The van der Waals surface area contributed by atoms with E-state index < -0.39 is 0 Å². The van der Waals surface area contributed by atoms with Gasteiger partial charge in [0.15, 0.2) is 0 Å². The lowest BCUT2D eigenvalue weighted by atomic mass is 9.75. The molecule has 0 saturated heterocycles. The second-order valence-corrected chi connectivity index (χ2v) is 6.88. The van der Waals surface area contributed by atoms with Crippen LogP contribution >= 0.6 is 0 Å². The summed E-state index contributed by atoms with van der Waals surface area (Å²) in [5.74, 6) is 0.786. The minimum absolute atomic E-state index is 0.0182. The topological polar surface area (TPSA) is 40.5 Å². The maximum Gasteiger partial charge on any atom is 0.126 e. The summed E-state index contributed by atoms with van der Waals surface area (Å²) in [6.45, 7) is 10.3. The van der Waals surface area contributed by atoms with Crippen molar-refractivity contribution in [2.75, 3.05) is 0 Å². The van der Waals surface area contributed by atoms with E-state index in [4.69, 9.17) is 0 Å². The Labute approximate surface area is 140 Å². The van der Waals surface area contributed by atoms with Crippen LogP contribution in [-0.2, 0) is 6.42 Å². The highest BCUT2D eigenvalue weighted by Gasteiger charge is 2.29. The monoisotopic (exact) mass is 314 g/mol. The predicted molar refractivity (Wildman–Crippen MR) is 97.2 cm³/mol. The second kappa shape index (κ2) is 7.72. The first-order valence-corrected chi connectivity index (χ1v) is 8.83. The Balaban J connectivity index is 2.39. The number of aryl methyl sites for hydroxylation is 1. The average molecular weight is 314 g/mol. The average Bonchev–Trinajstić information content (AvgIpc) is 2.52. The van der Waals surface area contributed by atoms with E-state index in [1.807, 2.05) is 19.9 Å². The maximum absolute atomic E-state index is 10.7. The fourth-order valence-corrected chi connectivity index (χ4v) is 3.66. The van der Waals surface area contributed by atoms with Crippen molar-refractivity contribution >= 4 is 0 Å². The first-order chi connectivity index (χ1) is 11.0. The zero-order valence-electron chi connectivity index (χ0n) is 14.7. The van der Waals surface area contributed by atoms with Crippen LogP contribution in [0.25, 0.3) is 0 Å². The number of allylic oxidation sites excluding steroid dienone is 3. The highest BCUT2D eigenvalue weighted by atomic mass is 16.3. The molecule has 23 heavy (non-hydrogen) atoms. The molecular formula is C21H30O2. The molecule has 0 aliphatic heterocycles. The quantitative estimate of drug-likeness (QED) is 0.517. The Morgan fingerprint density at radius 1 is 1.30 bits per heavy atom. The molecule has 126 valence electrons. The van der Waals surface area contributed by atoms with Crippen LogP contribution in [0.5, 0.6) is 11.5 Å². The van der Waals surface area contributed by atoms with Crippen molar-refractivity contribution in [2.45, 2.75) is 65.2 Å². The lowest BCUT2D eigenvalue weighted by Crippen LogP contribution is -2.16. The number of benzene rings is 1. The van der Waals surface area contributed by atoms with E-state index in [0.717, 1.165) is 42.4 Å². The minimum atomic E-state index is 0.0182. The molecule has 1 aromatic rings. The fraction of sp³-hybridized carbons (Fsp3) is 0.524. The molecule has 0 heterocycles. The zero-order valence-corrected chi connectivity index (χ0v) is 14.7. The van der Waals surface area contributed by atoms with Gasteiger partial charge in [0.05, 0.1) is 0 Å². The number of hydrogen-bond acceptors (Lipinski definition) is 2. The third-order valence-corrected chi connectivity index (χ3v) is 5.12. The van der Waals surface area contributed by atoms with Crippen LogP contribution in [0.4, 0.5) is 0 Å². The summed E-state index contributed by atoms with van der Waals surface area (Å²) in [4.78, 5) is 0. The summed E-state index contributed by atoms with van der Waals surface area (Å²) in [7, 11) is 0. The van der Waals surface area contributed by atoms with Crippen molar-refractivity contribution < 1.29 is 10.2 Å². The van der Waals surface area contributed by atoms with Crippen molar-refractivity contribution in [1.82, 2.24) is 0 Å². The largest absolute Gasteiger partial charge is 0.507 e. The van der Waals surface area contributed by atoms with Crippen LogP contribution in [0, 0.1) is 12.8 Å². The van der Waals surface area contributed by atoms with Gasteiger partial charge in [0.25, 0.3) is 0 Å². The zero-order chi connectivity index (χ0) is 17.0. The van der Waals surface area contributed by atoms with Gasteiger partial charge in [-0.15, -0.1) is 0 Å². The number of rotatable bonds is 6. The van der Waals surface area contributed by atoms with Crippen molar-refractivity contribution in [3.63, 3.8) is 0 Å². The van der Waals surface area contributed by atoms with Crippen LogP contribution in [0.1, 0.15) is 68.6 Å². The van der Waals surface area contributed by atoms with Crippen LogP contribution in [0.2, 0.25) is 0 Å². The normalized spacial score (nSPS) is 20.7. The standard InChI is InChI=1S/C21H30O2/c1-5-6-7-10-16-13-19(22)20(21(23)15(16)4)18-12-9-8-11-17(18)14(2)3/h9,12-13,17-18,22-23H,2,5-8,10-11H2,1,3-4H3/t17-,18+/m0/s1. The van der Waals surface area contributed by atoms with Crippen molar-refractivity contribution in [3.8, 4) is 11.5 Å². The highest BCUT2D eigenvalue weighted by Crippen LogP contribution is 2.46. The van der Waals surface area contributed by atoms with Gasteiger partial charge in [-0.3, -0.25) is 0 Å². The van der Waals surface area contributed by atoms with E-state index in [2.05, 4.69) is 25.7 Å². The summed E-state index contributed by atoms with van der Waals surface area (Å²) < 4.78 is 0. The molecule has 1 aliphatic carbocycles. The SMILES string of the molecule is C=C(C)[C@@H]1CCC=C[C@H]1c1c(O)cc(CCCCC)c(C)c1O. The molecule has 0 radical (unpaired) electrons. The fourth-order valence-electron chi connectivity index (χ4n) is 3.66.